The van der Waals surface area contributed by atoms with E-state index in [4.69, 9.17) is 0 Å². The Bertz CT molecular complexity index is 683. The molecule has 5 nitrogen and oxygen atoms in total. The molecule has 5 heteroatoms. The normalized spacial score (nSPS) is 19.7. The first-order chi connectivity index (χ1) is 11.2. The number of rotatable bonds is 3. The maximum absolute atomic E-state index is 12.5. The van der Waals surface area contributed by atoms with E-state index in [0.717, 1.165) is 39.1 Å². The van der Waals surface area contributed by atoms with Crippen LogP contribution in [0, 0.1) is 5.41 Å². The largest absolute Gasteiger partial charge is 0.338 e. The average molecular weight is 308 g/mol. The van der Waals surface area contributed by atoms with Crippen LogP contribution in [-0.2, 0) is 6.54 Å². The van der Waals surface area contributed by atoms with Crippen molar-refractivity contribution >= 4 is 5.91 Å². The van der Waals surface area contributed by atoms with Crippen LogP contribution in [0.1, 0.15) is 22.3 Å². The number of nitrogens with zero attached hydrogens (tertiary/aromatic N) is 4. The molecule has 0 aliphatic carbocycles. The highest BCUT2D eigenvalue weighted by atomic mass is 16.2. The van der Waals surface area contributed by atoms with E-state index >= 15 is 0 Å². The molecular formula is C18H20N4O. The molecule has 2 saturated heterocycles. The van der Waals surface area contributed by atoms with Crippen LogP contribution in [0.3, 0.4) is 0 Å². The van der Waals surface area contributed by atoms with Gasteiger partial charge in [-0.05, 0) is 30.2 Å². The molecule has 0 atom stereocenters. The number of aromatic nitrogens is 2. The van der Waals surface area contributed by atoms with Crippen molar-refractivity contribution in [2.24, 2.45) is 5.41 Å². The van der Waals surface area contributed by atoms with Crippen molar-refractivity contribution in [2.45, 2.75) is 13.0 Å². The lowest BCUT2D eigenvalue weighted by atomic mass is 9.79. The number of hydrogen-bond acceptors (Lipinski definition) is 4. The zero-order chi connectivity index (χ0) is 15.7. The molecule has 0 saturated carbocycles. The Balaban J connectivity index is 1.34. The fraction of sp³-hybridized carbons (Fsp3) is 0.389. The monoisotopic (exact) mass is 308 g/mol. The van der Waals surface area contributed by atoms with Gasteiger partial charge in [0.25, 0.3) is 5.91 Å². The first-order valence-electron chi connectivity index (χ1n) is 8.05. The molecule has 0 aromatic carbocycles. The van der Waals surface area contributed by atoms with Gasteiger partial charge in [0.05, 0.1) is 5.56 Å². The Kier molecular flexibility index (Phi) is 3.58. The number of carbonyl (C=O) groups excluding carboxylic acids is 1. The van der Waals surface area contributed by atoms with Crippen LogP contribution in [0.4, 0.5) is 0 Å². The summed E-state index contributed by atoms with van der Waals surface area (Å²) < 4.78 is 0. The molecule has 0 bridgehead atoms. The van der Waals surface area contributed by atoms with Crippen molar-refractivity contribution in [3.63, 3.8) is 0 Å². The third-order valence-electron chi connectivity index (χ3n) is 4.88. The van der Waals surface area contributed by atoms with Crippen LogP contribution in [0.5, 0.6) is 0 Å². The zero-order valence-electron chi connectivity index (χ0n) is 13.1. The van der Waals surface area contributed by atoms with Crippen LogP contribution in [-0.4, -0.2) is 51.9 Å². The molecular weight excluding hydrogens is 288 g/mol. The molecule has 2 aromatic heterocycles. The molecule has 4 heterocycles. The molecule has 2 aromatic rings. The number of likely N-dealkylation sites (tertiary alicyclic amines) is 2. The highest BCUT2D eigenvalue weighted by Crippen LogP contribution is 2.40. The Labute approximate surface area is 136 Å². The summed E-state index contributed by atoms with van der Waals surface area (Å²) in [6.45, 7) is 4.81. The van der Waals surface area contributed by atoms with Crippen LogP contribution in [0.2, 0.25) is 0 Å². The predicted octanol–water partition coefficient (Wildman–Crippen LogP) is 1.82. The Morgan fingerprint density at radius 2 is 1.87 bits per heavy atom. The minimum atomic E-state index is 0.112. The van der Waals surface area contributed by atoms with E-state index in [-0.39, 0.29) is 5.91 Å². The van der Waals surface area contributed by atoms with E-state index in [1.54, 1.807) is 18.6 Å². The van der Waals surface area contributed by atoms with E-state index in [1.165, 1.54) is 5.56 Å². The number of carbonyl (C=O) groups is 1. The van der Waals surface area contributed by atoms with Crippen molar-refractivity contribution in [3.8, 4) is 0 Å². The second kappa shape index (κ2) is 5.74. The quantitative estimate of drug-likeness (QED) is 0.868. The number of amides is 1. The molecule has 1 spiro atoms. The van der Waals surface area contributed by atoms with Crippen molar-refractivity contribution in [1.29, 1.82) is 0 Å². The first kappa shape index (κ1) is 14.3. The smallest absolute Gasteiger partial charge is 0.255 e. The summed E-state index contributed by atoms with van der Waals surface area (Å²) in [5.74, 6) is 0.112. The Morgan fingerprint density at radius 3 is 2.57 bits per heavy atom. The van der Waals surface area contributed by atoms with Gasteiger partial charge in [-0.1, -0.05) is 6.07 Å². The molecule has 0 N–H and O–H groups in total. The summed E-state index contributed by atoms with van der Waals surface area (Å²) >= 11 is 0. The summed E-state index contributed by atoms with van der Waals surface area (Å²) in [5, 5.41) is 0. The SMILES string of the molecule is O=C(c1cccnc1)N1CCC2(CN(Cc3cccnc3)C2)C1. The van der Waals surface area contributed by atoms with Gasteiger partial charge in [-0.15, -0.1) is 0 Å². The van der Waals surface area contributed by atoms with Gasteiger partial charge in [0.15, 0.2) is 0 Å². The summed E-state index contributed by atoms with van der Waals surface area (Å²) in [4.78, 5) is 25.1. The Hall–Kier alpha value is -2.27. The van der Waals surface area contributed by atoms with Crippen molar-refractivity contribution in [1.82, 2.24) is 19.8 Å². The standard InChI is InChI=1S/C18H20N4O/c23-17(16-4-2-7-20-10-16)22-8-5-18(14-22)12-21(13-18)11-15-3-1-6-19-9-15/h1-4,6-7,9-10H,5,8,11-14H2. The van der Waals surface area contributed by atoms with Crippen molar-refractivity contribution in [3.05, 3.63) is 60.2 Å². The summed E-state index contributed by atoms with van der Waals surface area (Å²) in [5.41, 5.74) is 2.24. The highest BCUT2D eigenvalue weighted by Gasteiger charge is 2.48. The number of hydrogen-bond donors (Lipinski definition) is 0. The predicted molar refractivity (Wildman–Crippen MR) is 86.7 cm³/mol. The third-order valence-corrected chi connectivity index (χ3v) is 4.88. The second-order valence-corrected chi connectivity index (χ2v) is 6.72. The van der Waals surface area contributed by atoms with E-state index in [1.807, 2.05) is 29.3 Å². The van der Waals surface area contributed by atoms with E-state index in [0.29, 0.717) is 11.0 Å². The first-order valence-corrected chi connectivity index (χ1v) is 8.05. The molecule has 0 radical (unpaired) electrons. The van der Waals surface area contributed by atoms with Crippen LogP contribution in [0.15, 0.2) is 49.1 Å². The van der Waals surface area contributed by atoms with E-state index in [2.05, 4.69) is 20.9 Å². The van der Waals surface area contributed by atoms with Gasteiger partial charge >= 0.3 is 0 Å². The lowest BCUT2D eigenvalue weighted by molar-refractivity contribution is 0.00254. The number of pyridine rings is 2. The van der Waals surface area contributed by atoms with Gasteiger partial charge in [-0.3, -0.25) is 19.7 Å². The highest BCUT2D eigenvalue weighted by molar-refractivity contribution is 5.94. The van der Waals surface area contributed by atoms with E-state index in [9.17, 15) is 4.79 Å². The van der Waals surface area contributed by atoms with Crippen molar-refractivity contribution < 1.29 is 4.79 Å². The summed E-state index contributed by atoms with van der Waals surface area (Å²) in [7, 11) is 0. The second-order valence-electron chi connectivity index (χ2n) is 6.72. The molecule has 0 unspecified atom stereocenters. The summed E-state index contributed by atoms with van der Waals surface area (Å²) in [6, 6.07) is 7.76. The summed E-state index contributed by atoms with van der Waals surface area (Å²) in [6.07, 6.45) is 8.19. The zero-order valence-corrected chi connectivity index (χ0v) is 13.1. The minimum Gasteiger partial charge on any atom is -0.338 e. The lowest BCUT2D eigenvalue weighted by Gasteiger charge is -2.48. The third kappa shape index (κ3) is 2.84. The van der Waals surface area contributed by atoms with Gasteiger partial charge in [-0.25, -0.2) is 0 Å². The maximum Gasteiger partial charge on any atom is 0.255 e. The molecule has 23 heavy (non-hydrogen) atoms. The fourth-order valence-electron chi connectivity index (χ4n) is 3.80. The van der Waals surface area contributed by atoms with Gasteiger partial charge in [0.1, 0.15) is 0 Å². The minimum absolute atomic E-state index is 0.112. The van der Waals surface area contributed by atoms with Gasteiger partial charge in [0, 0.05) is 62.9 Å². The van der Waals surface area contributed by atoms with Crippen molar-refractivity contribution in [2.75, 3.05) is 26.2 Å². The molecule has 2 aliphatic rings. The van der Waals surface area contributed by atoms with Gasteiger partial charge in [0.2, 0.25) is 0 Å². The molecule has 2 aliphatic heterocycles. The Morgan fingerprint density at radius 1 is 1.09 bits per heavy atom. The average Bonchev–Trinajstić information content (AvgIpc) is 3.01. The topological polar surface area (TPSA) is 49.3 Å². The lowest BCUT2D eigenvalue weighted by Crippen LogP contribution is -2.57. The van der Waals surface area contributed by atoms with Gasteiger partial charge < -0.3 is 4.90 Å². The van der Waals surface area contributed by atoms with Crippen LogP contribution in [0.25, 0.3) is 0 Å². The van der Waals surface area contributed by atoms with E-state index < -0.39 is 0 Å². The molecule has 118 valence electrons. The maximum atomic E-state index is 12.5. The molecule has 2 fully saturated rings. The van der Waals surface area contributed by atoms with Crippen LogP contribution >= 0.6 is 0 Å². The van der Waals surface area contributed by atoms with Gasteiger partial charge in [-0.2, -0.15) is 0 Å². The van der Waals surface area contributed by atoms with Crippen LogP contribution < -0.4 is 0 Å². The molecule has 4 rings (SSSR count). The fourth-order valence-corrected chi connectivity index (χ4v) is 3.80. The molecule has 1 amide bonds.